The summed E-state index contributed by atoms with van der Waals surface area (Å²) < 4.78 is 19.6. The molecule has 94 valence electrons. The number of hydrogen-bond donors (Lipinski definition) is 1. The largest absolute Gasteiger partial charge is 0.487 e. The smallest absolute Gasteiger partial charge is 0.130 e. The first-order valence-electron chi connectivity index (χ1n) is 5.40. The van der Waals surface area contributed by atoms with E-state index < -0.39 is 0 Å². The van der Waals surface area contributed by atoms with E-state index >= 15 is 0 Å². The number of rotatable bonds is 4. The predicted octanol–water partition coefficient (Wildman–Crippen LogP) is 3.02. The molecule has 5 heteroatoms. The average molecular weight is 311 g/mol. The highest BCUT2D eigenvalue weighted by molar-refractivity contribution is 9.10. The van der Waals surface area contributed by atoms with E-state index in [0.29, 0.717) is 17.9 Å². The molecule has 0 radical (unpaired) electrons. The van der Waals surface area contributed by atoms with E-state index in [1.807, 2.05) is 12.1 Å². The van der Waals surface area contributed by atoms with Crippen molar-refractivity contribution in [2.75, 3.05) is 0 Å². The van der Waals surface area contributed by atoms with Crippen LogP contribution in [0.4, 0.5) is 4.39 Å². The molecule has 3 nitrogen and oxygen atoms in total. The van der Waals surface area contributed by atoms with Crippen molar-refractivity contribution in [2.24, 2.45) is 5.73 Å². The summed E-state index contributed by atoms with van der Waals surface area (Å²) in [7, 11) is 0. The molecule has 1 aromatic carbocycles. The second-order valence-corrected chi connectivity index (χ2v) is 4.67. The highest BCUT2D eigenvalue weighted by Crippen LogP contribution is 2.17. The Hall–Kier alpha value is -1.46. The molecule has 0 fully saturated rings. The zero-order chi connectivity index (χ0) is 13.0. The Kier molecular flexibility index (Phi) is 4.28. The van der Waals surface area contributed by atoms with E-state index in [9.17, 15) is 4.39 Å². The number of pyridine rings is 1. The molecule has 1 heterocycles. The Balaban J connectivity index is 2.05. The van der Waals surface area contributed by atoms with E-state index in [1.54, 1.807) is 12.3 Å². The molecule has 0 unspecified atom stereocenters. The minimum Gasteiger partial charge on any atom is -0.487 e. The standard InChI is InChI=1S/C13H12BrFN2O/c14-10-1-2-12(17-7-10)8-18-13-4-9(6-16)3-11(15)5-13/h1-5,7H,6,8,16H2. The van der Waals surface area contributed by atoms with Gasteiger partial charge in [-0.15, -0.1) is 0 Å². The lowest BCUT2D eigenvalue weighted by atomic mass is 10.2. The second-order valence-electron chi connectivity index (χ2n) is 3.76. The Morgan fingerprint density at radius 2 is 2.11 bits per heavy atom. The van der Waals surface area contributed by atoms with Gasteiger partial charge in [0.25, 0.3) is 0 Å². The minimum absolute atomic E-state index is 0.282. The normalized spacial score (nSPS) is 10.4. The fourth-order valence-corrected chi connectivity index (χ4v) is 1.71. The van der Waals surface area contributed by atoms with Crippen molar-refractivity contribution in [1.29, 1.82) is 0 Å². The van der Waals surface area contributed by atoms with Gasteiger partial charge in [0.15, 0.2) is 0 Å². The van der Waals surface area contributed by atoms with Crippen LogP contribution in [-0.2, 0) is 13.2 Å². The van der Waals surface area contributed by atoms with Crippen molar-refractivity contribution in [3.05, 3.63) is 58.1 Å². The van der Waals surface area contributed by atoms with Gasteiger partial charge in [0.2, 0.25) is 0 Å². The van der Waals surface area contributed by atoms with Gasteiger partial charge >= 0.3 is 0 Å². The van der Waals surface area contributed by atoms with Crippen molar-refractivity contribution in [3.8, 4) is 5.75 Å². The molecule has 0 saturated heterocycles. The van der Waals surface area contributed by atoms with Gasteiger partial charge in [0, 0.05) is 23.3 Å². The summed E-state index contributed by atoms with van der Waals surface area (Å²) in [6.45, 7) is 0.575. The van der Waals surface area contributed by atoms with E-state index in [-0.39, 0.29) is 12.4 Å². The quantitative estimate of drug-likeness (QED) is 0.944. The summed E-state index contributed by atoms with van der Waals surface area (Å²) in [6.07, 6.45) is 1.69. The first-order valence-corrected chi connectivity index (χ1v) is 6.19. The van der Waals surface area contributed by atoms with Crippen LogP contribution < -0.4 is 10.5 Å². The van der Waals surface area contributed by atoms with Gasteiger partial charge < -0.3 is 10.5 Å². The van der Waals surface area contributed by atoms with E-state index in [4.69, 9.17) is 10.5 Å². The molecule has 0 amide bonds. The summed E-state index contributed by atoms with van der Waals surface area (Å²) >= 11 is 3.30. The summed E-state index contributed by atoms with van der Waals surface area (Å²) in [4.78, 5) is 4.17. The van der Waals surface area contributed by atoms with Crippen LogP contribution in [0.1, 0.15) is 11.3 Å². The fourth-order valence-electron chi connectivity index (χ4n) is 1.47. The molecule has 0 aliphatic heterocycles. The number of aromatic nitrogens is 1. The summed E-state index contributed by atoms with van der Waals surface area (Å²) in [5.41, 5.74) is 6.95. The van der Waals surface area contributed by atoms with Crippen LogP contribution in [0, 0.1) is 5.82 Å². The van der Waals surface area contributed by atoms with Gasteiger partial charge in [0.05, 0.1) is 5.69 Å². The van der Waals surface area contributed by atoms with Gasteiger partial charge in [-0.25, -0.2) is 4.39 Å². The Morgan fingerprint density at radius 1 is 1.28 bits per heavy atom. The third-order valence-electron chi connectivity index (χ3n) is 2.34. The van der Waals surface area contributed by atoms with Crippen molar-refractivity contribution < 1.29 is 9.13 Å². The lowest BCUT2D eigenvalue weighted by Crippen LogP contribution is -2.01. The maximum Gasteiger partial charge on any atom is 0.130 e. The third kappa shape index (κ3) is 3.51. The molecule has 0 aliphatic rings. The zero-order valence-corrected chi connectivity index (χ0v) is 11.2. The molecule has 0 saturated carbocycles. The van der Waals surface area contributed by atoms with Gasteiger partial charge in [-0.05, 0) is 45.8 Å². The van der Waals surface area contributed by atoms with E-state index in [2.05, 4.69) is 20.9 Å². The number of hydrogen-bond acceptors (Lipinski definition) is 3. The van der Waals surface area contributed by atoms with Crippen LogP contribution in [0.2, 0.25) is 0 Å². The molecule has 2 aromatic rings. The summed E-state index contributed by atoms with van der Waals surface area (Å²) in [5.74, 6) is 0.108. The van der Waals surface area contributed by atoms with Crippen molar-refractivity contribution in [3.63, 3.8) is 0 Å². The molecule has 18 heavy (non-hydrogen) atoms. The van der Waals surface area contributed by atoms with Crippen LogP contribution in [0.25, 0.3) is 0 Å². The van der Waals surface area contributed by atoms with Crippen LogP contribution in [0.3, 0.4) is 0 Å². The minimum atomic E-state index is -0.350. The van der Waals surface area contributed by atoms with Gasteiger partial charge in [-0.3, -0.25) is 4.98 Å². The average Bonchev–Trinajstić information content (AvgIpc) is 2.37. The molecule has 2 rings (SSSR count). The maximum absolute atomic E-state index is 13.2. The molecule has 0 spiro atoms. The highest BCUT2D eigenvalue weighted by atomic mass is 79.9. The topological polar surface area (TPSA) is 48.1 Å². The lowest BCUT2D eigenvalue weighted by Gasteiger charge is -2.07. The Bertz CT molecular complexity index is 531. The predicted molar refractivity (Wildman–Crippen MR) is 70.6 cm³/mol. The van der Waals surface area contributed by atoms with Crippen LogP contribution in [0.5, 0.6) is 5.75 Å². The number of nitrogens with two attached hydrogens (primary N) is 1. The molecule has 0 bridgehead atoms. The molecule has 0 atom stereocenters. The fraction of sp³-hybridized carbons (Fsp3) is 0.154. The number of nitrogens with zero attached hydrogens (tertiary/aromatic N) is 1. The van der Waals surface area contributed by atoms with Crippen molar-refractivity contribution in [1.82, 2.24) is 4.98 Å². The first-order chi connectivity index (χ1) is 8.67. The van der Waals surface area contributed by atoms with E-state index in [1.165, 1.54) is 12.1 Å². The Labute approximate surface area is 113 Å². The van der Waals surface area contributed by atoms with Crippen molar-refractivity contribution >= 4 is 15.9 Å². The first kappa shape index (κ1) is 13.0. The summed E-state index contributed by atoms with van der Waals surface area (Å²) in [5, 5.41) is 0. The van der Waals surface area contributed by atoms with Gasteiger partial charge in [-0.2, -0.15) is 0 Å². The SMILES string of the molecule is NCc1cc(F)cc(OCc2ccc(Br)cn2)c1. The van der Waals surface area contributed by atoms with Gasteiger partial charge in [-0.1, -0.05) is 0 Å². The third-order valence-corrected chi connectivity index (χ3v) is 2.81. The molecular weight excluding hydrogens is 299 g/mol. The van der Waals surface area contributed by atoms with Crippen LogP contribution in [0.15, 0.2) is 41.0 Å². The summed E-state index contributed by atoms with van der Waals surface area (Å²) in [6, 6.07) is 8.17. The maximum atomic E-state index is 13.2. The van der Waals surface area contributed by atoms with Crippen molar-refractivity contribution in [2.45, 2.75) is 13.2 Å². The number of halogens is 2. The molecule has 1 aromatic heterocycles. The zero-order valence-electron chi connectivity index (χ0n) is 9.57. The highest BCUT2D eigenvalue weighted by Gasteiger charge is 2.02. The number of benzene rings is 1. The molecule has 2 N–H and O–H groups in total. The van der Waals surface area contributed by atoms with E-state index in [0.717, 1.165) is 10.2 Å². The molecule has 0 aliphatic carbocycles. The van der Waals surface area contributed by atoms with Crippen LogP contribution in [-0.4, -0.2) is 4.98 Å². The van der Waals surface area contributed by atoms with Gasteiger partial charge in [0.1, 0.15) is 18.2 Å². The Morgan fingerprint density at radius 3 is 2.78 bits per heavy atom. The second kappa shape index (κ2) is 5.93. The monoisotopic (exact) mass is 310 g/mol. The number of ether oxygens (including phenoxy) is 1. The van der Waals surface area contributed by atoms with Crippen LogP contribution >= 0.6 is 15.9 Å². The molecular formula is C13H12BrFN2O. The lowest BCUT2D eigenvalue weighted by molar-refractivity contribution is 0.299.